The Morgan fingerprint density at radius 3 is 2.43 bits per heavy atom. The van der Waals surface area contributed by atoms with Crippen molar-refractivity contribution in [3.63, 3.8) is 0 Å². The number of rotatable bonds is 2. The average molecular weight is 301 g/mol. The van der Waals surface area contributed by atoms with Gasteiger partial charge in [-0.05, 0) is 33.7 Å². The van der Waals surface area contributed by atoms with Crippen LogP contribution in [0.4, 0.5) is 5.69 Å². The second-order valence-electron chi connectivity index (χ2n) is 5.68. The van der Waals surface area contributed by atoms with E-state index in [4.69, 9.17) is 24.4 Å². The van der Waals surface area contributed by atoms with Gasteiger partial charge in [-0.25, -0.2) is 0 Å². The zero-order valence-corrected chi connectivity index (χ0v) is 12.2. The first-order valence-electron chi connectivity index (χ1n) is 11.9. The summed E-state index contributed by atoms with van der Waals surface area (Å²) < 4.78 is 105. The van der Waals surface area contributed by atoms with Gasteiger partial charge < -0.3 is 18.9 Å². The molecule has 6 heteroatoms. The molecule has 0 aliphatic carbocycles. The number of hydrogen-bond donors (Lipinski definition) is 0. The van der Waals surface area contributed by atoms with Crippen molar-refractivity contribution >= 4 is 18.3 Å². The molecule has 3 heterocycles. The molecule has 0 saturated carbocycles. The van der Waals surface area contributed by atoms with Crippen molar-refractivity contribution in [3.05, 3.63) is 18.4 Å². The molecular weight excluding hydrogens is 267 g/mol. The first-order valence-corrected chi connectivity index (χ1v) is 6.44. The smallest absolute Gasteiger partial charge is 0.399 e. The zero-order chi connectivity index (χ0) is 24.9. The fourth-order valence-corrected chi connectivity index (χ4v) is 1.81. The van der Waals surface area contributed by atoms with E-state index < -0.39 is 68.5 Å². The van der Waals surface area contributed by atoms with Crippen molar-refractivity contribution < 1.29 is 29.1 Å². The lowest BCUT2D eigenvalue weighted by Crippen LogP contribution is -2.41. The molecular formula is C15H23BN2O3. The van der Waals surface area contributed by atoms with Crippen molar-refractivity contribution in [2.24, 2.45) is 0 Å². The van der Waals surface area contributed by atoms with E-state index >= 15 is 0 Å². The molecule has 2 aliphatic heterocycles. The Hall–Kier alpha value is -1.11. The maximum absolute atomic E-state index is 8.60. The van der Waals surface area contributed by atoms with Crippen LogP contribution in [0.15, 0.2) is 18.4 Å². The number of morpholine rings is 1. The molecule has 0 radical (unpaired) electrons. The summed E-state index contributed by atoms with van der Waals surface area (Å²) in [6.45, 7) is -6.61. The molecule has 5 nitrogen and oxygen atoms in total. The van der Waals surface area contributed by atoms with E-state index in [1.54, 1.807) is 27.7 Å². The quantitative estimate of drug-likeness (QED) is 0.769. The summed E-state index contributed by atoms with van der Waals surface area (Å²) >= 11 is 0. The monoisotopic (exact) mass is 301 g/mol. The van der Waals surface area contributed by atoms with Crippen LogP contribution in [0.5, 0.6) is 0 Å². The number of nitrogens with zero attached hydrogens (tertiary/aromatic N) is 2. The van der Waals surface area contributed by atoms with Crippen molar-refractivity contribution in [2.45, 2.75) is 38.9 Å². The topological polar surface area (TPSA) is 43.8 Å². The summed E-state index contributed by atoms with van der Waals surface area (Å²) in [7, 11) is -1.34. The number of anilines is 1. The van der Waals surface area contributed by atoms with Gasteiger partial charge in [-0.3, -0.25) is 4.98 Å². The summed E-state index contributed by atoms with van der Waals surface area (Å²) in [5.74, 6) is 0. The minimum absolute atomic E-state index is 0.00927. The standard InChI is InChI=1S/C15H23BN2O3/c1-14(2)15(3,4)21-16(20-14)12-9-13(11-17-10-12)18-5-7-19-8-6-18/h9-11H,5-8H2,1-4H3/i5D2,6D2,7D2,8D2,9D,10D,11D. The third-order valence-corrected chi connectivity index (χ3v) is 3.72. The Labute approximate surface area is 142 Å². The highest BCUT2D eigenvalue weighted by Gasteiger charge is 2.51. The zero-order valence-electron chi connectivity index (χ0n) is 23.2. The molecule has 0 bridgehead atoms. The highest BCUT2D eigenvalue weighted by Crippen LogP contribution is 2.36. The molecule has 0 N–H and O–H groups in total. The molecule has 1 aromatic rings. The van der Waals surface area contributed by atoms with Crippen LogP contribution in [0.2, 0.25) is 0 Å². The summed E-state index contributed by atoms with van der Waals surface area (Å²) in [5, 5.41) is 0. The van der Waals surface area contributed by atoms with Crippen LogP contribution in [0.25, 0.3) is 0 Å². The van der Waals surface area contributed by atoms with E-state index in [1.807, 2.05) is 0 Å². The van der Waals surface area contributed by atoms with Crippen LogP contribution < -0.4 is 10.4 Å². The molecule has 1 aromatic heterocycles. The fourth-order valence-electron chi connectivity index (χ4n) is 1.81. The molecule has 3 rings (SSSR count). The van der Waals surface area contributed by atoms with Crippen LogP contribution in [-0.4, -0.2) is 49.4 Å². The molecule has 0 unspecified atom stereocenters. The van der Waals surface area contributed by atoms with E-state index in [0.717, 1.165) is 0 Å². The average Bonchev–Trinajstić information content (AvgIpc) is 2.75. The van der Waals surface area contributed by atoms with Gasteiger partial charge >= 0.3 is 7.12 Å². The largest absolute Gasteiger partial charge is 0.496 e. The van der Waals surface area contributed by atoms with Crippen molar-refractivity contribution in [3.8, 4) is 0 Å². The predicted molar refractivity (Wildman–Crippen MR) is 83.0 cm³/mol. The minimum atomic E-state index is -3.37. The number of hydrogen-bond acceptors (Lipinski definition) is 5. The van der Waals surface area contributed by atoms with Crippen molar-refractivity contribution in [1.29, 1.82) is 0 Å². The number of ether oxygens (including phenoxy) is 1. The van der Waals surface area contributed by atoms with Gasteiger partial charge in [0.2, 0.25) is 0 Å². The van der Waals surface area contributed by atoms with E-state index in [0.29, 0.717) is 0 Å². The van der Waals surface area contributed by atoms with Gasteiger partial charge in [0.15, 0.2) is 0 Å². The van der Waals surface area contributed by atoms with Gasteiger partial charge in [-0.15, -0.1) is 0 Å². The minimum Gasteiger partial charge on any atom is -0.399 e. The Morgan fingerprint density at radius 1 is 1.19 bits per heavy atom. The Balaban J connectivity index is 2.28. The summed E-state index contributed by atoms with van der Waals surface area (Å²) in [6.07, 6.45) is -1.51. The van der Waals surface area contributed by atoms with Crippen LogP contribution in [0.3, 0.4) is 0 Å². The van der Waals surface area contributed by atoms with Gasteiger partial charge in [0.1, 0.15) is 0 Å². The first-order chi connectivity index (χ1) is 14.1. The summed E-state index contributed by atoms with van der Waals surface area (Å²) in [6, 6.07) is -0.769. The van der Waals surface area contributed by atoms with Gasteiger partial charge in [-0.2, -0.15) is 0 Å². The third-order valence-electron chi connectivity index (χ3n) is 3.72. The normalized spacial score (nSPS) is 41.6. The number of aromatic nitrogens is 1. The third kappa shape index (κ3) is 2.80. The van der Waals surface area contributed by atoms with Crippen molar-refractivity contribution in [1.82, 2.24) is 4.98 Å². The second kappa shape index (κ2) is 5.27. The molecule has 114 valence electrons. The summed E-state index contributed by atoms with van der Waals surface area (Å²) in [5.41, 5.74) is -2.95. The maximum atomic E-state index is 8.60. The van der Waals surface area contributed by atoms with Crippen molar-refractivity contribution in [2.75, 3.05) is 31.0 Å². The Morgan fingerprint density at radius 2 is 1.81 bits per heavy atom. The van der Waals surface area contributed by atoms with E-state index in [1.165, 1.54) is 0 Å². The highest BCUT2D eigenvalue weighted by molar-refractivity contribution is 6.62. The first kappa shape index (κ1) is 6.56. The van der Waals surface area contributed by atoms with Gasteiger partial charge in [-0.1, -0.05) is 0 Å². The van der Waals surface area contributed by atoms with Crippen LogP contribution in [0.1, 0.15) is 42.8 Å². The van der Waals surface area contributed by atoms with Crippen LogP contribution in [-0.2, 0) is 14.0 Å². The van der Waals surface area contributed by atoms with E-state index in [-0.39, 0.29) is 10.4 Å². The van der Waals surface area contributed by atoms with E-state index in [9.17, 15) is 0 Å². The molecule has 2 saturated heterocycles. The lowest BCUT2D eigenvalue weighted by atomic mass is 9.80. The van der Waals surface area contributed by atoms with Gasteiger partial charge in [0.25, 0.3) is 0 Å². The predicted octanol–water partition coefficient (Wildman–Crippen LogP) is 1.22. The second-order valence-corrected chi connectivity index (χ2v) is 5.68. The molecule has 0 spiro atoms. The molecule has 0 atom stereocenters. The highest BCUT2D eigenvalue weighted by atomic mass is 16.7. The lowest BCUT2D eigenvalue weighted by molar-refractivity contribution is 0.00578. The Kier molecular flexibility index (Phi) is 1.65. The molecule has 0 aromatic carbocycles. The fraction of sp³-hybridized carbons (Fsp3) is 0.667. The van der Waals surface area contributed by atoms with Gasteiger partial charge in [0.05, 0.1) is 51.3 Å². The van der Waals surface area contributed by atoms with Gasteiger partial charge in [0, 0.05) is 24.6 Å². The number of pyridine rings is 1. The molecule has 0 amide bonds. The van der Waals surface area contributed by atoms with E-state index in [2.05, 4.69) is 9.72 Å². The Bertz CT molecular complexity index is 915. The maximum Gasteiger partial charge on any atom is 0.496 e. The SMILES string of the molecule is [2H]c1nc([2H])c(N2C([2H])([2H])C([2H])([2H])OC([2H])([2H])C2([2H])[2H])c([2H])c1B1OC(C)(C)C(C)(C)O1. The molecule has 21 heavy (non-hydrogen) atoms. The lowest BCUT2D eigenvalue weighted by Gasteiger charge is -2.32. The van der Waals surface area contributed by atoms with Crippen LogP contribution >= 0.6 is 0 Å². The molecule has 2 aliphatic rings. The summed E-state index contributed by atoms with van der Waals surface area (Å²) in [4.78, 5) is 3.68. The molecule has 2 fully saturated rings. The van der Waals surface area contributed by atoms with Crippen LogP contribution in [0, 0.1) is 0 Å².